The molecule has 3 aromatic rings. The second-order valence-corrected chi connectivity index (χ2v) is 9.58. The van der Waals surface area contributed by atoms with Crippen LogP contribution in [0.5, 0.6) is 5.75 Å². The van der Waals surface area contributed by atoms with Crippen LogP contribution in [0.3, 0.4) is 0 Å². The number of nitrogens with zero attached hydrogens (tertiary/aromatic N) is 4. The van der Waals surface area contributed by atoms with Crippen molar-refractivity contribution in [3.8, 4) is 5.75 Å². The number of aromatic nitrogens is 2. The monoisotopic (exact) mass is 489 g/mol. The van der Waals surface area contributed by atoms with Crippen molar-refractivity contribution in [3.05, 3.63) is 77.1 Å². The molecule has 1 unspecified atom stereocenters. The van der Waals surface area contributed by atoms with E-state index in [1.165, 1.54) is 0 Å². The van der Waals surface area contributed by atoms with Gasteiger partial charge in [-0.3, -0.25) is 14.4 Å². The number of ether oxygens (including phenoxy) is 1. The number of hydrogen-bond acceptors (Lipinski definition) is 5. The molecule has 2 aliphatic rings. The first-order valence-electron chi connectivity index (χ1n) is 12.2. The summed E-state index contributed by atoms with van der Waals surface area (Å²) in [6.45, 7) is 6.66. The maximum atomic E-state index is 13.5. The number of aliphatic hydroxyl groups is 1. The number of anilines is 1. The number of urea groups is 1. The average Bonchev–Trinajstić information content (AvgIpc) is 3.49. The molecule has 9 nitrogen and oxygen atoms in total. The predicted molar refractivity (Wildman–Crippen MR) is 135 cm³/mol. The van der Waals surface area contributed by atoms with Gasteiger partial charge in [-0.05, 0) is 61.7 Å². The van der Waals surface area contributed by atoms with Crippen LogP contribution in [0, 0.1) is 6.92 Å². The van der Waals surface area contributed by atoms with Crippen LogP contribution in [0.1, 0.15) is 40.4 Å². The summed E-state index contributed by atoms with van der Waals surface area (Å²) in [5.41, 5.74) is 2.77. The van der Waals surface area contributed by atoms with E-state index < -0.39 is 5.60 Å². The fourth-order valence-electron chi connectivity index (χ4n) is 4.73. The van der Waals surface area contributed by atoms with Crippen molar-refractivity contribution >= 4 is 17.6 Å². The number of amides is 3. The van der Waals surface area contributed by atoms with Crippen LogP contribution in [-0.4, -0.2) is 58.0 Å². The summed E-state index contributed by atoms with van der Waals surface area (Å²) in [5.74, 6) is 0.596. The third kappa shape index (κ3) is 4.79. The number of hydrogen-bond donors (Lipinski definition) is 2. The molecule has 2 N–H and O–H groups in total. The highest BCUT2D eigenvalue weighted by atomic mass is 16.5. The van der Waals surface area contributed by atoms with Crippen molar-refractivity contribution in [2.24, 2.45) is 0 Å². The van der Waals surface area contributed by atoms with E-state index in [9.17, 15) is 14.7 Å². The molecule has 0 bridgehead atoms. The third-order valence-corrected chi connectivity index (χ3v) is 6.94. The maximum absolute atomic E-state index is 13.5. The summed E-state index contributed by atoms with van der Waals surface area (Å²) in [6.07, 6.45) is 4.08. The van der Waals surface area contributed by atoms with Crippen LogP contribution in [0.15, 0.2) is 54.9 Å². The number of carbonyl (C=O) groups is 2. The molecule has 1 atom stereocenters. The molecule has 0 spiro atoms. The Bertz CT molecular complexity index is 1270. The summed E-state index contributed by atoms with van der Waals surface area (Å²) in [6, 6.07) is 12.9. The van der Waals surface area contributed by atoms with Crippen LogP contribution < -0.4 is 15.0 Å². The Labute approximate surface area is 210 Å². The van der Waals surface area contributed by atoms with Crippen molar-refractivity contribution in [2.45, 2.75) is 39.0 Å². The molecule has 1 saturated heterocycles. The van der Waals surface area contributed by atoms with Gasteiger partial charge in [0.25, 0.3) is 5.91 Å². The number of aryl methyl sites for hydroxylation is 2. The lowest BCUT2D eigenvalue weighted by atomic mass is 9.91. The van der Waals surface area contributed by atoms with E-state index >= 15 is 0 Å². The maximum Gasteiger partial charge on any atom is 0.322 e. The molecule has 1 fully saturated rings. The van der Waals surface area contributed by atoms with E-state index in [0.717, 1.165) is 28.1 Å². The zero-order valence-electron chi connectivity index (χ0n) is 20.6. The van der Waals surface area contributed by atoms with Crippen LogP contribution in [0.4, 0.5) is 10.5 Å². The van der Waals surface area contributed by atoms with Crippen LogP contribution in [0.25, 0.3) is 0 Å². The van der Waals surface area contributed by atoms with E-state index in [-0.39, 0.29) is 11.9 Å². The summed E-state index contributed by atoms with van der Waals surface area (Å²) in [7, 11) is 0. The van der Waals surface area contributed by atoms with Crippen molar-refractivity contribution in [1.29, 1.82) is 0 Å². The predicted octanol–water partition coefficient (Wildman–Crippen LogP) is 3.05. The Morgan fingerprint density at radius 1 is 1.22 bits per heavy atom. The Kier molecular flexibility index (Phi) is 6.40. The highest BCUT2D eigenvalue weighted by molar-refractivity contribution is 5.99. The molecule has 0 aliphatic carbocycles. The molecule has 0 saturated carbocycles. The van der Waals surface area contributed by atoms with Gasteiger partial charge in [-0.2, -0.15) is 5.10 Å². The van der Waals surface area contributed by atoms with Crippen molar-refractivity contribution in [2.75, 3.05) is 31.1 Å². The van der Waals surface area contributed by atoms with Gasteiger partial charge in [-0.1, -0.05) is 12.1 Å². The van der Waals surface area contributed by atoms with E-state index in [0.29, 0.717) is 51.3 Å². The lowest BCUT2D eigenvalue weighted by Gasteiger charge is -2.26. The number of nitrogens with one attached hydrogen (secondary N) is 1. The first-order valence-corrected chi connectivity index (χ1v) is 12.2. The standard InChI is InChI=1S/C27H31N5O4/c1-19-4-5-20(17-23(19)32-13-10-28-26(32)34)25(33)30-14-15-36-24-7-6-22(16-21(24)18-30)27(2,35)8-12-31-11-3-9-29-31/h3-7,9,11,16-17,35H,8,10,12-15,18H2,1-2H3,(H,28,34). The van der Waals surface area contributed by atoms with Gasteiger partial charge in [0.15, 0.2) is 0 Å². The summed E-state index contributed by atoms with van der Waals surface area (Å²) in [4.78, 5) is 29.2. The van der Waals surface area contributed by atoms with Gasteiger partial charge in [0.2, 0.25) is 0 Å². The Balaban J connectivity index is 1.36. The number of benzene rings is 2. The highest BCUT2D eigenvalue weighted by Crippen LogP contribution is 2.32. The second kappa shape index (κ2) is 9.66. The van der Waals surface area contributed by atoms with Crippen LogP contribution in [-0.2, 0) is 18.7 Å². The minimum absolute atomic E-state index is 0.122. The molecule has 3 heterocycles. The second-order valence-electron chi connectivity index (χ2n) is 9.58. The summed E-state index contributed by atoms with van der Waals surface area (Å²) >= 11 is 0. The molecule has 5 rings (SSSR count). The van der Waals surface area contributed by atoms with Gasteiger partial charge < -0.3 is 20.1 Å². The normalized spacial score (nSPS) is 17.1. The Hall–Kier alpha value is -3.85. The largest absolute Gasteiger partial charge is 0.491 e. The molecular formula is C27H31N5O4. The van der Waals surface area contributed by atoms with Gasteiger partial charge in [-0.15, -0.1) is 0 Å². The number of carbonyl (C=O) groups excluding carboxylic acids is 2. The van der Waals surface area contributed by atoms with E-state index in [1.54, 1.807) is 39.7 Å². The van der Waals surface area contributed by atoms with Crippen molar-refractivity contribution in [3.63, 3.8) is 0 Å². The van der Waals surface area contributed by atoms with Crippen LogP contribution in [0.2, 0.25) is 0 Å². The topological polar surface area (TPSA) is 99.9 Å². The fourth-order valence-corrected chi connectivity index (χ4v) is 4.73. The molecule has 0 radical (unpaired) electrons. The molecule has 2 aromatic carbocycles. The smallest absolute Gasteiger partial charge is 0.322 e. The Morgan fingerprint density at radius 3 is 2.83 bits per heavy atom. The van der Waals surface area contributed by atoms with E-state index in [1.807, 2.05) is 43.5 Å². The van der Waals surface area contributed by atoms with E-state index in [4.69, 9.17) is 4.74 Å². The van der Waals surface area contributed by atoms with Gasteiger partial charge in [0, 0.05) is 55.4 Å². The molecule has 3 amide bonds. The van der Waals surface area contributed by atoms with Gasteiger partial charge in [-0.25, -0.2) is 4.79 Å². The van der Waals surface area contributed by atoms with Crippen LogP contribution >= 0.6 is 0 Å². The molecule has 2 aliphatic heterocycles. The molecule has 188 valence electrons. The van der Waals surface area contributed by atoms with Gasteiger partial charge in [0.05, 0.1) is 12.1 Å². The molecule has 1 aromatic heterocycles. The fraction of sp³-hybridized carbons (Fsp3) is 0.370. The lowest BCUT2D eigenvalue weighted by Crippen LogP contribution is -2.33. The first kappa shape index (κ1) is 23.9. The lowest BCUT2D eigenvalue weighted by molar-refractivity contribution is 0.0419. The minimum atomic E-state index is -1.07. The highest BCUT2D eigenvalue weighted by Gasteiger charge is 2.28. The minimum Gasteiger partial charge on any atom is -0.491 e. The molecular weight excluding hydrogens is 458 g/mol. The third-order valence-electron chi connectivity index (χ3n) is 6.94. The zero-order chi connectivity index (χ0) is 25.3. The molecule has 36 heavy (non-hydrogen) atoms. The molecule has 9 heteroatoms. The SMILES string of the molecule is Cc1ccc(C(=O)N2CCOc3ccc(C(C)(O)CCn4cccn4)cc3C2)cc1N1CCNC1=O. The summed E-state index contributed by atoms with van der Waals surface area (Å²) < 4.78 is 7.73. The number of rotatable bonds is 6. The van der Waals surface area contributed by atoms with Crippen molar-refractivity contribution in [1.82, 2.24) is 20.0 Å². The van der Waals surface area contributed by atoms with Crippen molar-refractivity contribution < 1.29 is 19.4 Å². The summed E-state index contributed by atoms with van der Waals surface area (Å²) in [5, 5.41) is 18.2. The first-order chi connectivity index (χ1) is 17.3. The number of fused-ring (bicyclic) bond motifs is 1. The van der Waals surface area contributed by atoms with Gasteiger partial charge >= 0.3 is 6.03 Å². The van der Waals surface area contributed by atoms with Gasteiger partial charge in [0.1, 0.15) is 12.4 Å². The Morgan fingerprint density at radius 2 is 2.08 bits per heavy atom. The quantitative estimate of drug-likeness (QED) is 0.555. The van der Waals surface area contributed by atoms with E-state index in [2.05, 4.69) is 10.4 Å². The average molecular weight is 490 g/mol. The zero-order valence-corrected chi connectivity index (χ0v) is 20.6.